The molecule has 1 aliphatic rings. The molecule has 0 spiro atoms. The van der Waals surface area contributed by atoms with Gasteiger partial charge < -0.3 is 14.8 Å². The number of hydrogen-bond acceptors (Lipinski definition) is 5. The molecule has 0 bridgehead atoms. The largest absolute Gasteiger partial charge is 0.481 e. The number of H-pyrrole nitrogens is 1. The van der Waals surface area contributed by atoms with Gasteiger partial charge in [-0.1, -0.05) is 12.1 Å². The van der Waals surface area contributed by atoms with Crippen LogP contribution in [0.5, 0.6) is 5.88 Å². The van der Waals surface area contributed by atoms with E-state index in [4.69, 9.17) is 9.84 Å². The van der Waals surface area contributed by atoms with Crippen LogP contribution in [0.15, 0.2) is 48.8 Å². The third-order valence-corrected chi connectivity index (χ3v) is 6.47. The molecular formula is C24H22FN4O3P. The van der Waals surface area contributed by atoms with Gasteiger partial charge in [0.15, 0.2) is 5.65 Å². The molecule has 5 rings (SSSR count). The molecule has 4 aromatic rings. The Morgan fingerprint density at radius 3 is 2.55 bits per heavy atom. The summed E-state index contributed by atoms with van der Waals surface area (Å²) in [5.74, 6) is -0.226. The maximum atomic E-state index is 13.4. The monoisotopic (exact) mass is 464 g/mol. The van der Waals surface area contributed by atoms with Gasteiger partial charge in [0.2, 0.25) is 5.88 Å². The molecule has 1 aliphatic carbocycles. The van der Waals surface area contributed by atoms with Crippen molar-refractivity contribution in [3.8, 4) is 28.4 Å². The molecule has 3 aromatic heterocycles. The molecule has 3 heterocycles. The first-order valence-electron chi connectivity index (χ1n) is 10.7. The molecule has 0 saturated heterocycles. The van der Waals surface area contributed by atoms with Crippen molar-refractivity contribution < 1.29 is 19.0 Å². The number of imidazole rings is 1. The normalized spacial score (nSPS) is 18.4. The van der Waals surface area contributed by atoms with E-state index in [-0.39, 0.29) is 12.0 Å². The highest BCUT2D eigenvalue weighted by molar-refractivity contribution is 7.28. The number of carbonyl (C=O) groups is 1. The fourth-order valence-electron chi connectivity index (χ4n) is 4.18. The summed E-state index contributed by atoms with van der Waals surface area (Å²) in [6, 6.07) is 11.1. The Kier molecular flexibility index (Phi) is 5.77. The highest BCUT2D eigenvalue weighted by atomic mass is 31.0. The van der Waals surface area contributed by atoms with Gasteiger partial charge in [-0.3, -0.25) is 4.79 Å². The van der Waals surface area contributed by atoms with Crippen LogP contribution in [0, 0.1) is 11.7 Å². The molecule has 7 nitrogen and oxygen atoms in total. The van der Waals surface area contributed by atoms with E-state index in [1.807, 2.05) is 30.3 Å². The van der Waals surface area contributed by atoms with Crippen molar-refractivity contribution in [3.63, 3.8) is 0 Å². The summed E-state index contributed by atoms with van der Waals surface area (Å²) >= 11 is 0. The van der Waals surface area contributed by atoms with Crippen molar-refractivity contribution in [3.05, 3.63) is 54.6 Å². The summed E-state index contributed by atoms with van der Waals surface area (Å²) < 4.78 is 19.4. The van der Waals surface area contributed by atoms with Crippen molar-refractivity contribution in [1.29, 1.82) is 0 Å². The van der Waals surface area contributed by atoms with Gasteiger partial charge in [-0.05, 0) is 48.7 Å². The number of carboxylic acid groups (broad SMARTS) is 1. The van der Waals surface area contributed by atoms with Gasteiger partial charge in [0.1, 0.15) is 17.7 Å². The van der Waals surface area contributed by atoms with Crippen LogP contribution in [-0.4, -0.2) is 37.1 Å². The van der Waals surface area contributed by atoms with Crippen LogP contribution in [0.3, 0.4) is 0 Å². The number of aromatic amines is 1. The third-order valence-electron chi connectivity index (χ3n) is 5.99. The van der Waals surface area contributed by atoms with Gasteiger partial charge in [0.05, 0.1) is 17.6 Å². The predicted molar refractivity (Wildman–Crippen MR) is 126 cm³/mol. The number of nitrogens with one attached hydrogen (secondary N) is 1. The average Bonchev–Trinajstić information content (AvgIpc) is 3.22. The topological polar surface area (TPSA) is 101 Å². The van der Waals surface area contributed by atoms with Gasteiger partial charge in [-0.15, -0.1) is 9.24 Å². The molecule has 1 aromatic carbocycles. The Morgan fingerprint density at radius 1 is 1.06 bits per heavy atom. The minimum absolute atomic E-state index is 0.00338. The lowest BCUT2D eigenvalue weighted by atomic mass is 9.87. The van der Waals surface area contributed by atoms with Crippen LogP contribution in [0.4, 0.5) is 4.39 Å². The summed E-state index contributed by atoms with van der Waals surface area (Å²) in [7, 11) is 2.71. The van der Waals surface area contributed by atoms with E-state index in [2.05, 4.69) is 29.2 Å². The zero-order valence-corrected chi connectivity index (χ0v) is 18.8. The molecule has 0 amide bonds. The molecule has 1 fully saturated rings. The number of aliphatic carboxylic acids is 1. The molecule has 168 valence electrons. The number of rotatable bonds is 5. The van der Waals surface area contributed by atoms with E-state index in [9.17, 15) is 9.18 Å². The molecule has 2 N–H and O–H groups in total. The number of carboxylic acids is 1. The highest BCUT2D eigenvalue weighted by Crippen LogP contribution is 2.29. The summed E-state index contributed by atoms with van der Waals surface area (Å²) in [4.78, 5) is 27.1. The van der Waals surface area contributed by atoms with Crippen LogP contribution in [-0.2, 0) is 4.79 Å². The van der Waals surface area contributed by atoms with Crippen LogP contribution >= 0.6 is 9.24 Å². The minimum Gasteiger partial charge on any atom is -0.481 e. The second-order valence-electron chi connectivity index (χ2n) is 8.23. The lowest BCUT2D eigenvalue weighted by molar-refractivity contribution is -0.143. The van der Waals surface area contributed by atoms with Crippen molar-refractivity contribution in [1.82, 2.24) is 19.9 Å². The van der Waals surface area contributed by atoms with Crippen LogP contribution in [0.25, 0.3) is 33.7 Å². The Hall–Kier alpha value is -3.38. The zero-order chi connectivity index (χ0) is 22.9. The van der Waals surface area contributed by atoms with Crippen molar-refractivity contribution in [2.45, 2.75) is 31.8 Å². The number of aromatic nitrogens is 4. The number of fused-ring (bicyclic) bond motifs is 1. The van der Waals surface area contributed by atoms with Gasteiger partial charge in [0, 0.05) is 29.5 Å². The van der Waals surface area contributed by atoms with Gasteiger partial charge in [-0.25, -0.2) is 19.3 Å². The number of pyridine rings is 2. The molecule has 9 heteroatoms. The smallest absolute Gasteiger partial charge is 0.306 e. The first kappa shape index (κ1) is 21.5. The Bertz CT molecular complexity index is 1320. The number of benzene rings is 1. The Balaban J connectivity index is 1.29. The van der Waals surface area contributed by atoms with Crippen LogP contribution < -0.4 is 10.0 Å². The number of ether oxygens (including phenoxy) is 1. The zero-order valence-electron chi connectivity index (χ0n) is 17.7. The van der Waals surface area contributed by atoms with Gasteiger partial charge in [0.25, 0.3) is 0 Å². The Labute approximate surface area is 191 Å². The quantitative estimate of drug-likeness (QED) is 0.426. The molecule has 1 atom stereocenters. The predicted octanol–water partition coefficient (Wildman–Crippen LogP) is 4.35. The lowest BCUT2D eigenvalue weighted by Gasteiger charge is -2.26. The molecule has 1 saturated carbocycles. The van der Waals surface area contributed by atoms with E-state index in [1.165, 1.54) is 6.07 Å². The van der Waals surface area contributed by atoms with Crippen molar-refractivity contribution >= 4 is 31.7 Å². The molecule has 1 unspecified atom stereocenters. The van der Waals surface area contributed by atoms with Crippen LogP contribution in [0.2, 0.25) is 0 Å². The molecule has 33 heavy (non-hydrogen) atoms. The fraction of sp³-hybridized carbons (Fsp3) is 0.250. The first-order chi connectivity index (χ1) is 16.0. The molecule has 0 radical (unpaired) electrons. The number of halogens is 1. The molecule has 0 aliphatic heterocycles. The highest BCUT2D eigenvalue weighted by Gasteiger charge is 2.27. The summed E-state index contributed by atoms with van der Waals surface area (Å²) in [5, 5.41) is 10.1. The Morgan fingerprint density at radius 2 is 1.85 bits per heavy atom. The SMILES string of the molecule is O=C(O)C1CCC(Oc2ccc(-c3ccc(-c4nc5ncc(F)cc5[nH]4)c(P)c3)cn2)CC1. The maximum absolute atomic E-state index is 13.4. The fourth-order valence-corrected chi connectivity index (χ4v) is 4.59. The average molecular weight is 464 g/mol. The number of nitrogens with zero attached hydrogens (tertiary/aromatic N) is 3. The van der Waals surface area contributed by atoms with E-state index < -0.39 is 11.8 Å². The lowest BCUT2D eigenvalue weighted by Crippen LogP contribution is -2.28. The standard InChI is InChI=1S/C24H22FN4O3P/c25-16-10-19-23(27-12-16)29-22(28-19)18-7-3-14(9-20(18)33)15-4-8-21(26-11-15)32-17-5-1-13(2-6-17)24(30)31/h3-4,7-13,17H,1-2,5-6,33H2,(H,30,31)(H,27,28,29). The second-order valence-corrected chi connectivity index (χ2v) is 8.85. The van der Waals surface area contributed by atoms with E-state index >= 15 is 0 Å². The summed E-state index contributed by atoms with van der Waals surface area (Å²) in [5.41, 5.74) is 3.84. The van der Waals surface area contributed by atoms with Gasteiger partial charge >= 0.3 is 5.97 Å². The summed E-state index contributed by atoms with van der Waals surface area (Å²) in [6.07, 6.45) is 5.65. The van der Waals surface area contributed by atoms with E-state index in [1.54, 1.807) is 6.20 Å². The van der Waals surface area contributed by atoms with Crippen LogP contribution in [0.1, 0.15) is 25.7 Å². The summed E-state index contributed by atoms with van der Waals surface area (Å²) in [6.45, 7) is 0. The number of hydrogen-bond donors (Lipinski definition) is 2. The first-order valence-corrected chi connectivity index (χ1v) is 11.3. The molecular weight excluding hydrogens is 442 g/mol. The van der Waals surface area contributed by atoms with E-state index in [0.717, 1.165) is 41.0 Å². The maximum Gasteiger partial charge on any atom is 0.306 e. The van der Waals surface area contributed by atoms with Crippen molar-refractivity contribution in [2.75, 3.05) is 0 Å². The minimum atomic E-state index is -0.721. The second kappa shape index (κ2) is 8.87. The van der Waals surface area contributed by atoms with Gasteiger partial charge in [-0.2, -0.15) is 0 Å². The third kappa shape index (κ3) is 4.57. The van der Waals surface area contributed by atoms with E-state index in [0.29, 0.717) is 35.7 Å². The van der Waals surface area contributed by atoms with Crippen molar-refractivity contribution in [2.24, 2.45) is 5.92 Å².